The minimum Gasteiger partial charge on any atom is -0.462 e. The van der Waals surface area contributed by atoms with Gasteiger partial charge in [0.15, 0.2) is 0 Å². The Morgan fingerprint density at radius 1 is 1.14 bits per heavy atom. The standard InChI is InChI=1S/C17H26BrNO2/c1-3-5-6-7-8-9-12-19-16-11-10-14(13-15(16)18)17(20)21-4-2/h10-11,13,19H,3-9,12H2,1-2H3. The number of hydrogen-bond acceptors (Lipinski definition) is 3. The van der Waals surface area contributed by atoms with Crippen molar-refractivity contribution in [3.05, 3.63) is 28.2 Å². The minimum atomic E-state index is -0.277. The lowest BCUT2D eigenvalue weighted by Gasteiger charge is -2.10. The minimum absolute atomic E-state index is 0.277. The van der Waals surface area contributed by atoms with Crippen molar-refractivity contribution in [3.63, 3.8) is 0 Å². The Bertz CT molecular complexity index is 435. The predicted octanol–water partition coefficient (Wildman–Crippen LogP) is 5.40. The maximum absolute atomic E-state index is 11.6. The van der Waals surface area contributed by atoms with Gasteiger partial charge in [0, 0.05) is 16.7 Å². The first-order valence-electron chi connectivity index (χ1n) is 7.89. The number of halogens is 1. The molecule has 1 aromatic carbocycles. The van der Waals surface area contributed by atoms with Gasteiger partial charge >= 0.3 is 5.97 Å². The molecule has 118 valence electrons. The van der Waals surface area contributed by atoms with Crippen molar-refractivity contribution in [2.75, 3.05) is 18.5 Å². The Morgan fingerprint density at radius 2 is 1.86 bits per heavy atom. The van der Waals surface area contributed by atoms with Crippen LogP contribution in [0.2, 0.25) is 0 Å². The summed E-state index contributed by atoms with van der Waals surface area (Å²) < 4.78 is 5.89. The van der Waals surface area contributed by atoms with E-state index in [0.29, 0.717) is 12.2 Å². The molecule has 21 heavy (non-hydrogen) atoms. The zero-order chi connectivity index (χ0) is 15.5. The number of unbranched alkanes of at least 4 members (excludes halogenated alkanes) is 5. The van der Waals surface area contributed by atoms with Crippen molar-refractivity contribution < 1.29 is 9.53 Å². The normalized spacial score (nSPS) is 10.4. The molecule has 0 saturated heterocycles. The summed E-state index contributed by atoms with van der Waals surface area (Å²) in [6.07, 6.45) is 7.74. The highest BCUT2D eigenvalue weighted by Gasteiger charge is 2.08. The van der Waals surface area contributed by atoms with Crippen molar-refractivity contribution >= 4 is 27.6 Å². The summed E-state index contributed by atoms with van der Waals surface area (Å²) in [5.41, 5.74) is 1.60. The van der Waals surface area contributed by atoms with Crippen LogP contribution in [0.25, 0.3) is 0 Å². The molecule has 0 aliphatic rings. The van der Waals surface area contributed by atoms with Gasteiger partial charge in [-0.05, 0) is 47.5 Å². The van der Waals surface area contributed by atoms with Crippen LogP contribution < -0.4 is 5.32 Å². The van der Waals surface area contributed by atoms with Gasteiger partial charge in [-0.15, -0.1) is 0 Å². The third-order valence-electron chi connectivity index (χ3n) is 3.33. The van der Waals surface area contributed by atoms with Gasteiger partial charge in [-0.1, -0.05) is 39.0 Å². The average molecular weight is 356 g/mol. The number of ether oxygens (including phenoxy) is 1. The topological polar surface area (TPSA) is 38.3 Å². The molecular weight excluding hydrogens is 330 g/mol. The van der Waals surface area contributed by atoms with Gasteiger partial charge in [0.1, 0.15) is 0 Å². The maximum atomic E-state index is 11.6. The van der Waals surface area contributed by atoms with E-state index in [1.54, 1.807) is 6.07 Å². The molecule has 1 aromatic rings. The lowest BCUT2D eigenvalue weighted by Crippen LogP contribution is -2.06. The maximum Gasteiger partial charge on any atom is 0.338 e. The summed E-state index contributed by atoms with van der Waals surface area (Å²) >= 11 is 3.50. The summed E-state index contributed by atoms with van der Waals surface area (Å²) in [4.78, 5) is 11.6. The van der Waals surface area contributed by atoms with Gasteiger partial charge in [-0.3, -0.25) is 0 Å². The molecule has 0 radical (unpaired) electrons. The van der Waals surface area contributed by atoms with E-state index in [9.17, 15) is 4.79 Å². The SMILES string of the molecule is CCCCCCCCNc1ccc(C(=O)OCC)cc1Br. The molecule has 0 heterocycles. The molecule has 3 nitrogen and oxygen atoms in total. The first kappa shape index (κ1) is 18.0. The van der Waals surface area contributed by atoms with E-state index >= 15 is 0 Å². The zero-order valence-electron chi connectivity index (χ0n) is 13.1. The van der Waals surface area contributed by atoms with E-state index in [4.69, 9.17) is 4.74 Å². The van der Waals surface area contributed by atoms with Crippen LogP contribution in [0.1, 0.15) is 62.7 Å². The van der Waals surface area contributed by atoms with E-state index in [1.165, 1.54) is 38.5 Å². The fourth-order valence-corrected chi connectivity index (χ4v) is 2.65. The van der Waals surface area contributed by atoms with E-state index in [-0.39, 0.29) is 5.97 Å². The summed E-state index contributed by atoms with van der Waals surface area (Å²) in [7, 11) is 0. The summed E-state index contributed by atoms with van der Waals surface area (Å²) in [6.45, 7) is 5.40. The van der Waals surface area contributed by atoms with Gasteiger partial charge < -0.3 is 10.1 Å². The molecule has 0 amide bonds. The second-order valence-corrected chi connectivity index (χ2v) is 5.96. The predicted molar refractivity (Wildman–Crippen MR) is 92.0 cm³/mol. The molecule has 0 aliphatic heterocycles. The lowest BCUT2D eigenvalue weighted by molar-refractivity contribution is 0.0526. The second kappa shape index (κ2) is 10.7. The number of nitrogens with one attached hydrogen (secondary N) is 1. The van der Waals surface area contributed by atoms with E-state index < -0.39 is 0 Å². The molecule has 0 bridgehead atoms. The van der Waals surface area contributed by atoms with Gasteiger partial charge in [0.2, 0.25) is 0 Å². The number of hydrogen-bond donors (Lipinski definition) is 1. The third kappa shape index (κ3) is 6.98. The number of carbonyl (C=O) groups excluding carboxylic acids is 1. The highest BCUT2D eigenvalue weighted by Crippen LogP contribution is 2.24. The monoisotopic (exact) mass is 355 g/mol. The fourth-order valence-electron chi connectivity index (χ4n) is 2.13. The number of esters is 1. The Kier molecular flexibility index (Phi) is 9.15. The second-order valence-electron chi connectivity index (χ2n) is 5.11. The highest BCUT2D eigenvalue weighted by atomic mass is 79.9. The van der Waals surface area contributed by atoms with Crippen LogP contribution >= 0.6 is 15.9 Å². The number of anilines is 1. The average Bonchev–Trinajstić information content (AvgIpc) is 2.48. The van der Waals surface area contributed by atoms with Gasteiger partial charge in [0.05, 0.1) is 12.2 Å². The van der Waals surface area contributed by atoms with Crippen molar-refractivity contribution in [1.82, 2.24) is 0 Å². The fraction of sp³-hybridized carbons (Fsp3) is 0.588. The summed E-state index contributed by atoms with van der Waals surface area (Å²) in [5.74, 6) is -0.277. The van der Waals surface area contributed by atoms with Crippen LogP contribution in [0.4, 0.5) is 5.69 Å². The van der Waals surface area contributed by atoms with Crippen LogP contribution in [-0.2, 0) is 4.74 Å². The molecule has 1 rings (SSSR count). The Morgan fingerprint density at radius 3 is 2.52 bits per heavy atom. The van der Waals surface area contributed by atoms with E-state index in [2.05, 4.69) is 28.2 Å². The highest BCUT2D eigenvalue weighted by molar-refractivity contribution is 9.10. The Labute approximate surface area is 136 Å². The smallest absolute Gasteiger partial charge is 0.338 e. The molecule has 0 saturated carbocycles. The first-order valence-corrected chi connectivity index (χ1v) is 8.68. The van der Waals surface area contributed by atoms with Crippen LogP contribution in [0.5, 0.6) is 0 Å². The summed E-state index contributed by atoms with van der Waals surface area (Å²) in [6, 6.07) is 5.53. The van der Waals surface area contributed by atoms with Crippen LogP contribution in [0.3, 0.4) is 0 Å². The van der Waals surface area contributed by atoms with Gasteiger partial charge in [-0.25, -0.2) is 4.79 Å². The third-order valence-corrected chi connectivity index (χ3v) is 3.98. The first-order chi connectivity index (χ1) is 10.2. The molecule has 0 fully saturated rings. The van der Waals surface area contributed by atoms with Gasteiger partial charge in [0.25, 0.3) is 0 Å². The van der Waals surface area contributed by atoms with E-state index in [1.807, 2.05) is 19.1 Å². The number of rotatable bonds is 10. The number of carbonyl (C=O) groups is 1. The molecule has 0 atom stereocenters. The van der Waals surface area contributed by atoms with Crippen molar-refractivity contribution in [1.29, 1.82) is 0 Å². The van der Waals surface area contributed by atoms with Crippen molar-refractivity contribution in [2.45, 2.75) is 52.4 Å². The molecule has 0 aliphatic carbocycles. The largest absolute Gasteiger partial charge is 0.462 e. The molecule has 0 spiro atoms. The van der Waals surface area contributed by atoms with Gasteiger partial charge in [-0.2, -0.15) is 0 Å². The summed E-state index contributed by atoms with van der Waals surface area (Å²) in [5, 5.41) is 3.40. The lowest BCUT2D eigenvalue weighted by atomic mass is 10.1. The van der Waals surface area contributed by atoms with Crippen LogP contribution in [-0.4, -0.2) is 19.1 Å². The number of benzene rings is 1. The van der Waals surface area contributed by atoms with E-state index in [0.717, 1.165) is 16.7 Å². The molecule has 0 aromatic heterocycles. The molecule has 0 unspecified atom stereocenters. The molecular formula is C17H26BrNO2. The molecule has 1 N–H and O–H groups in total. The quantitative estimate of drug-likeness (QED) is 0.451. The van der Waals surface area contributed by atoms with Crippen molar-refractivity contribution in [2.24, 2.45) is 0 Å². The van der Waals surface area contributed by atoms with Crippen LogP contribution in [0.15, 0.2) is 22.7 Å². The van der Waals surface area contributed by atoms with Crippen LogP contribution in [0, 0.1) is 0 Å². The molecule has 4 heteroatoms. The van der Waals surface area contributed by atoms with Crippen molar-refractivity contribution in [3.8, 4) is 0 Å². The Balaban J connectivity index is 2.34. The zero-order valence-corrected chi connectivity index (χ0v) is 14.7. The Hall–Kier alpha value is -1.03.